The molecule has 0 radical (unpaired) electrons. The second kappa shape index (κ2) is 8.58. The Bertz CT molecular complexity index is 1330. The normalized spacial score (nSPS) is 24.2. The third kappa shape index (κ3) is 3.12. The van der Waals surface area contributed by atoms with Crippen molar-refractivity contribution in [1.82, 2.24) is 0 Å². The first-order valence-corrected chi connectivity index (χ1v) is 12.9. The summed E-state index contributed by atoms with van der Waals surface area (Å²) in [7, 11) is -4.02. The lowest BCUT2D eigenvalue weighted by atomic mass is 9.87. The number of rotatable bonds is 7. The van der Waals surface area contributed by atoms with Gasteiger partial charge in [0.05, 0.1) is 30.7 Å². The van der Waals surface area contributed by atoms with Crippen LogP contribution in [0.4, 0.5) is 5.69 Å². The number of benzene rings is 3. The van der Waals surface area contributed by atoms with E-state index in [0.717, 1.165) is 10.8 Å². The van der Waals surface area contributed by atoms with Crippen LogP contribution in [0.1, 0.15) is 19.4 Å². The van der Waals surface area contributed by atoms with Gasteiger partial charge in [-0.15, -0.1) is 0 Å². The predicted octanol–water partition coefficient (Wildman–Crippen LogP) is 5.15. The molecule has 3 atom stereocenters. The fraction of sp³-hybridized carbons (Fsp3) is 0.269. The van der Waals surface area contributed by atoms with Gasteiger partial charge in [-0.05, 0) is 30.9 Å². The van der Waals surface area contributed by atoms with Gasteiger partial charge >= 0.3 is 7.60 Å². The van der Waals surface area contributed by atoms with Crippen molar-refractivity contribution >= 4 is 42.1 Å². The minimum atomic E-state index is -4.02. The van der Waals surface area contributed by atoms with Crippen LogP contribution in [0.5, 0.6) is 0 Å². The van der Waals surface area contributed by atoms with Crippen molar-refractivity contribution in [2.45, 2.75) is 19.1 Å². The van der Waals surface area contributed by atoms with Crippen LogP contribution in [-0.4, -0.2) is 31.2 Å². The molecule has 2 aliphatic heterocycles. The van der Waals surface area contributed by atoms with Crippen LogP contribution in [0.3, 0.4) is 0 Å². The highest BCUT2D eigenvalue weighted by Crippen LogP contribution is 2.72. The molecule has 2 amide bonds. The molecule has 2 heterocycles. The van der Waals surface area contributed by atoms with Crippen molar-refractivity contribution in [3.8, 4) is 0 Å². The second-order valence-corrected chi connectivity index (χ2v) is 10.4. The molecule has 5 rings (SSSR count). The van der Waals surface area contributed by atoms with E-state index in [1.807, 2.05) is 42.5 Å². The van der Waals surface area contributed by atoms with Crippen molar-refractivity contribution in [3.63, 3.8) is 0 Å². The van der Waals surface area contributed by atoms with Gasteiger partial charge in [-0.3, -0.25) is 19.1 Å². The Balaban J connectivity index is 1.71. The number of imide groups is 1. The molecule has 34 heavy (non-hydrogen) atoms. The zero-order valence-electron chi connectivity index (χ0n) is 19.0. The Hall–Kier alpha value is -3.12. The molecular weight excluding hydrogens is 451 g/mol. The summed E-state index contributed by atoms with van der Waals surface area (Å²) in [6, 6.07) is 22.0. The van der Waals surface area contributed by atoms with E-state index in [1.165, 1.54) is 11.1 Å². The van der Waals surface area contributed by atoms with Crippen LogP contribution in [0.15, 0.2) is 77.8 Å². The lowest BCUT2D eigenvalue weighted by molar-refractivity contribution is -0.123. The number of hydrogen-bond acceptors (Lipinski definition) is 6. The van der Waals surface area contributed by atoms with Crippen molar-refractivity contribution < 1.29 is 23.2 Å². The maximum absolute atomic E-state index is 14.3. The monoisotopic (exact) mass is 476 g/mol. The Labute approximate surface area is 197 Å². The number of amides is 2. The number of hydrogen-bond donors (Lipinski definition) is 0. The van der Waals surface area contributed by atoms with Crippen LogP contribution in [0.2, 0.25) is 0 Å². The average molecular weight is 476 g/mol. The molecule has 0 aromatic heterocycles. The molecule has 0 N–H and O–H groups in total. The largest absolute Gasteiger partial charge is 0.363 e. The molecule has 0 spiro atoms. The van der Waals surface area contributed by atoms with Gasteiger partial charge in [-0.1, -0.05) is 66.7 Å². The number of fused-ring (bicyclic) bond motifs is 2. The summed E-state index contributed by atoms with van der Waals surface area (Å²) in [4.78, 5) is 33.6. The molecule has 3 aromatic rings. The van der Waals surface area contributed by atoms with E-state index in [0.29, 0.717) is 11.3 Å². The summed E-state index contributed by atoms with van der Waals surface area (Å²) in [5, 5.41) is 0.0403. The third-order valence-corrected chi connectivity index (χ3v) is 9.12. The number of anilines is 1. The molecule has 0 aliphatic carbocycles. The summed E-state index contributed by atoms with van der Waals surface area (Å²) in [5.41, 5.74) is 1.02. The zero-order chi connectivity index (χ0) is 23.9. The van der Waals surface area contributed by atoms with Crippen LogP contribution in [-0.2, 0) is 28.5 Å². The first kappa shape index (κ1) is 22.7. The molecule has 7 nitrogen and oxygen atoms in total. The van der Waals surface area contributed by atoms with E-state index in [2.05, 4.69) is 4.99 Å². The minimum Gasteiger partial charge on any atom is -0.307 e. The van der Waals surface area contributed by atoms with Gasteiger partial charge in [-0.2, -0.15) is 0 Å². The summed E-state index contributed by atoms with van der Waals surface area (Å²) in [6.07, 6.45) is 1.45. The van der Waals surface area contributed by atoms with Gasteiger partial charge in [0.15, 0.2) is 5.28 Å². The highest BCUT2D eigenvalue weighted by atomic mass is 31.2. The smallest absolute Gasteiger partial charge is 0.307 e. The van der Waals surface area contributed by atoms with E-state index < -0.39 is 36.5 Å². The van der Waals surface area contributed by atoms with Crippen LogP contribution < -0.4 is 4.90 Å². The van der Waals surface area contributed by atoms with Crippen molar-refractivity contribution in [2.24, 2.45) is 16.8 Å². The van der Waals surface area contributed by atoms with Crippen LogP contribution >= 0.6 is 7.60 Å². The van der Waals surface area contributed by atoms with Crippen molar-refractivity contribution in [2.75, 3.05) is 18.1 Å². The molecule has 0 bridgehead atoms. The van der Waals surface area contributed by atoms with E-state index in [9.17, 15) is 14.2 Å². The Morgan fingerprint density at radius 3 is 2.24 bits per heavy atom. The number of carbonyl (C=O) groups excluding carboxylic acids is 2. The molecule has 1 saturated heterocycles. The molecule has 3 aromatic carbocycles. The maximum Gasteiger partial charge on any atom is 0.363 e. The lowest BCUT2D eigenvalue weighted by Gasteiger charge is -2.37. The maximum atomic E-state index is 14.3. The molecule has 0 unspecified atom stereocenters. The van der Waals surface area contributed by atoms with Gasteiger partial charge in [0.2, 0.25) is 11.8 Å². The summed E-state index contributed by atoms with van der Waals surface area (Å²) in [5.74, 6) is -2.79. The third-order valence-electron chi connectivity index (χ3n) is 6.44. The number of nitrogens with zero attached hydrogens (tertiary/aromatic N) is 2. The Morgan fingerprint density at radius 2 is 1.53 bits per heavy atom. The van der Waals surface area contributed by atoms with Crippen molar-refractivity contribution in [1.29, 1.82) is 0 Å². The molecule has 1 fully saturated rings. The van der Waals surface area contributed by atoms with E-state index >= 15 is 0 Å². The highest BCUT2D eigenvalue weighted by Gasteiger charge is 2.69. The first-order valence-electron chi connectivity index (χ1n) is 11.3. The average Bonchev–Trinajstić information content (AvgIpc) is 3.37. The Morgan fingerprint density at radius 1 is 0.882 bits per heavy atom. The standard InChI is InChI=1S/C26H25N2O5P/c1-3-32-34(31,33-4-2)26(19-13-6-5-7-14-19)23-21(17-27-26)24(29)28(25(23)30)22-16-10-12-18-11-8-9-15-20(18)22/h5-17,21,23H,3-4H2,1-2H3/t21-,23+,26+/m1/s1. The quantitative estimate of drug-likeness (QED) is 0.348. The first-order chi connectivity index (χ1) is 16.5. The second-order valence-electron chi connectivity index (χ2n) is 8.22. The van der Waals surface area contributed by atoms with Gasteiger partial charge in [0.1, 0.15) is 0 Å². The topological polar surface area (TPSA) is 85.3 Å². The molecule has 0 saturated carbocycles. The fourth-order valence-electron chi connectivity index (χ4n) is 5.09. The van der Waals surface area contributed by atoms with Crippen LogP contribution in [0, 0.1) is 11.8 Å². The van der Waals surface area contributed by atoms with Gasteiger partial charge in [0.25, 0.3) is 0 Å². The highest BCUT2D eigenvalue weighted by molar-refractivity contribution is 7.55. The minimum absolute atomic E-state index is 0.105. The summed E-state index contributed by atoms with van der Waals surface area (Å²) in [6.45, 7) is 3.64. The van der Waals surface area contributed by atoms with E-state index in [-0.39, 0.29) is 13.2 Å². The van der Waals surface area contributed by atoms with Gasteiger partial charge < -0.3 is 9.05 Å². The van der Waals surface area contributed by atoms with Gasteiger partial charge in [0, 0.05) is 11.6 Å². The molecule has 8 heteroatoms. The fourth-order valence-corrected chi connectivity index (χ4v) is 7.52. The van der Waals surface area contributed by atoms with E-state index in [1.54, 1.807) is 44.2 Å². The number of carbonyl (C=O) groups is 2. The zero-order valence-corrected chi connectivity index (χ0v) is 19.9. The predicted molar refractivity (Wildman–Crippen MR) is 131 cm³/mol. The Kier molecular flexibility index (Phi) is 5.72. The SMILES string of the molecule is CCOP(=O)(OCC)[C@]1(c2ccccc2)N=C[C@H]2C(=O)N(c3cccc4ccccc34)C(=O)[C@H]21. The van der Waals surface area contributed by atoms with E-state index in [4.69, 9.17) is 9.05 Å². The van der Waals surface area contributed by atoms with Crippen molar-refractivity contribution in [3.05, 3.63) is 78.4 Å². The molecule has 2 aliphatic rings. The summed E-state index contributed by atoms with van der Waals surface area (Å²) >= 11 is 0. The lowest BCUT2D eigenvalue weighted by Crippen LogP contribution is -2.40. The molecule has 174 valence electrons. The van der Waals surface area contributed by atoms with Crippen LogP contribution in [0.25, 0.3) is 10.8 Å². The van der Waals surface area contributed by atoms with Gasteiger partial charge in [-0.25, -0.2) is 4.90 Å². The molecular formula is C26H25N2O5P. The summed E-state index contributed by atoms with van der Waals surface area (Å²) < 4.78 is 25.9. The number of aliphatic imine (C=N–C) groups is 1.